The Morgan fingerprint density at radius 1 is 1.11 bits per heavy atom. The van der Waals surface area contributed by atoms with Gasteiger partial charge in [0.05, 0.1) is 11.8 Å². The number of carbonyl (C=O) groups excluding carboxylic acids is 2. The summed E-state index contributed by atoms with van der Waals surface area (Å²) in [7, 11) is 0. The van der Waals surface area contributed by atoms with E-state index in [9.17, 15) is 9.59 Å². The zero-order valence-electron chi connectivity index (χ0n) is 15.8. The van der Waals surface area contributed by atoms with Crippen LogP contribution in [0, 0.1) is 37.5 Å². The first-order valence-corrected chi connectivity index (χ1v) is 9.63. The van der Waals surface area contributed by atoms with Gasteiger partial charge in [-0.2, -0.15) is 0 Å². The Morgan fingerprint density at radius 2 is 1.70 bits per heavy atom. The number of nitrogens with one attached hydrogen (secondary N) is 1. The molecule has 2 amide bonds. The third-order valence-electron chi connectivity index (χ3n) is 5.88. The van der Waals surface area contributed by atoms with Crippen molar-refractivity contribution in [2.45, 2.75) is 26.7 Å². The summed E-state index contributed by atoms with van der Waals surface area (Å²) in [6.07, 6.45) is 5.81. The van der Waals surface area contributed by atoms with Crippen LogP contribution in [0.4, 0.5) is 5.69 Å². The Kier molecular flexibility index (Phi) is 4.50. The normalized spacial score (nSPS) is 29.0. The van der Waals surface area contributed by atoms with Crippen LogP contribution in [0.2, 0.25) is 0 Å². The zero-order valence-corrected chi connectivity index (χ0v) is 15.8. The van der Waals surface area contributed by atoms with Crippen LogP contribution in [-0.4, -0.2) is 35.8 Å². The molecule has 2 fully saturated rings. The van der Waals surface area contributed by atoms with Crippen LogP contribution in [0.5, 0.6) is 0 Å². The fourth-order valence-corrected chi connectivity index (χ4v) is 4.85. The number of amides is 2. The van der Waals surface area contributed by atoms with E-state index in [4.69, 9.17) is 5.73 Å². The monoisotopic (exact) mass is 366 g/mol. The van der Waals surface area contributed by atoms with Gasteiger partial charge in [-0.25, -0.2) is 0 Å². The number of nitrogens with two attached hydrogens (primary N) is 1. The zero-order chi connectivity index (χ0) is 19.1. The average Bonchev–Trinajstić information content (AvgIpc) is 3.26. The minimum absolute atomic E-state index is 0.00663. The Hall–Kier alpha value is -2.63. The highest BCUT2D eigenvalue weighted by Gasteiger charge is 2.58. The molecular formula is C21H26N4O2. The van der Waals surface area contributed by atoms with Gasteiger partial charge in [0, 0.05) is 18.8 Å². The number of allylic oxidation sites excluding steroid dienone is 2. The van der Waals surface area contributed by atoms with E-state index in [0.29, 0.717) is 25.5 Å². The van der Waals surface area contributed by atoms with Crippen molar-refractivity contribution in [1.29, 1.82) is 0 Å². The second-order valence-electron chi connectivity index (χ2n) is 7.95. The van der Waals surface area contributed by atoms with Crippen molar-refractivity contribution >= 4 is 23.5 Å². The number of imide groups is 1. The van der Waals surface area contributed by atoms with Crippen molar-refractivity contribution in [1.82, 2.24) is 4.90 Å². The molecule has 0 spiro atoms. The molecule has 1 heterocycles. The molecule has 3 aliphatic rings. The quantitative estimate of drug-likeness (QED) is 0.275. The molecule has 0 aromatic heterocycles. The van der Waals surface area contributed by atoms with Crippen molar-refractivity contribution in [3.05, 3.63) is 41.5 Å². The molecule has 1 saturated heterocycles. The molecule has 1 aromatic carbocycles. The third kappa shape index (κ3) is 3.24. The number of hydrogen-bond donors (Lipinski definition) is 2. The number of benzene rings is 1. The number of anilines is 1. The minimum atomic E-state index is -0.118. The fourth-order valence-electron chi connectivity index (χ4n) is 4.85. The van der Waals surface area contributed by atoms with Crippen LogP contribution >= 0.6 is 0 Å². The van der Waals surface area contributed by atoms with E-state index in [2.05, 4.69) is 28.5 Å². The highest BCUT2D eigenvalue weighted by atomic mass is 16.2. The van der Waals surface area contributed by atoms with E-state index in [-0.39, 0.29) is 35.5 Å². The molecule has 4 unspecified atom stereocenters. The second-order valence-corrected chi connectivity index (χ2v) is 7.95. The summed E-state index contributed by atoms with van der Waals surface area (Å²) < 4.78 is 0. The lowest BCUT2D eigenvalue weighted by atomic mass is 9.85. The van der Waals surface area contributed by atoms with Crippen LogP contribution in [0.1, 0.15) is 24.0 Å². The highest BCUT2D eigenvalue weighted by Crippen LogP contribution is 2.52. The van der Waals surface area contributed by atoms with Crippen LogP contribution in [0.25, 0.3) is 0 Å². The number of likely N-dealkylation sites (tertiary alicyclic amines) is 1. The summed E-state index contributed by atoms with van der Waals surface area (Å²) in [5.41, 5.74) is 9.18. The molecule has 6 nitrogen and oxygen atoms in total. The fraction of sp³-hybridized carbons (Fsp3) is 0.476. The molecule has 2 aliphatic carbocycles. The predicted octanol–water partition coefficient (Wildman–Crippen LogP) is 2.23. The summed E-state index contributed by atoms with van der Waals surface area (Å²) in [5, 5.41) is 3.09. The number of nitrogens with zero attached hydrogens (tertiary/aromatic N) is 2. The van der Waals surface area contributed by atoms with Crippen LogP contribution < -0.4 is 11.1 Å². The Morgan fingerprint density at radius 3 is 2.30 bits per heavy atom. The lowest BCUT2D eigenvalue weighted by molar-refractivity contribution is -0.140. The van der Waals surface area contributed by atoms with E-state index in [0.717, 1.165) is 23.2 Å². The summed E-state index contributed by atoms with van der Waals surface area (Å²) in [4.78, 5) is 31.0. The minimum Gasteiger partial charge on any atom is -0.370 e. The summed E-state index contributed by atoms with van der Waals surface area (Å²) in [5.74, 6) is 0.645. The van der Waals surface area contributed by atoms with E-state index in [1.807, 2.05) is 26.0 Å². The number of rotatable bonds is 5. The number of hydrogen-bond acceptors (Lipinski definition) is 3. The largest absolute Gasteiger partial charge is 0.370 e. The number of carbonyl (C=O) groups is 2. The van der Waals surface area contributed by atoms with E-state index < -0.39 is 0 Å². The first kappa shape index (κ1) is 17.8. The van der Waals surface area contributed by atoms with Gasteiger partial charge in [-0.3, -0.25) is 19.5 Å². The molecule has 0 radical (unpaired) electrons. The second kappa shape index (κ2) is 6.83. The maximum Gasteiger partial charge on any atom is 0.233 e. The number of aryl methyl sites for hydroxylation is 2. The van der Waals surface area contributed by atoms with Gasteiger partial charge in [0.25, 0.3) is 0 Å². The molecule has 27 heavy (non-hydrogen) atoms. The number of guanidine groups is 1. The van der Waals surface area contributed by atoms with E-state index in [1.165, 1.54) is 4.90 Å². The van der Waals surface area contributed by atoms with Gasteiger partial charge >= 0.3 is 0 Å². The van der Waals surface area contributed by atoms with Gasteiger partial charge < -0.3 is 11.1 Å². The predicted molar refractivity (Wildman–Crippen MR) is 105 cm³/mol. The highest BCUT2D eigenvalue weighted by molar-refractivity contribution is 6.06. The summed E-state index contributed by atoms with van der Waals surface area (Å²) >= 11 is 0. The molecule has 4 rings (SSSR count). The van der Waals surface area contributed by atoms with Gasteiger partial charge in [0.1, 0.15) is 0 Å². The lowest BCUT2D eigenvalue weighted by Gasteiger charge is -2.16. The van der Waals surface area contributed by atoms with E-state index in [1.54, 1.807) is 0 Å². The van der Waals surface area contributed by atoms with Crippen LogP contribution in [0.15, 0.2) is 35.3 Å². The van der Waals surface area contributed by atoms with Gasteiger partial charge in [0.15, 0.2) is 5.96 Å². The van der Waals surface area contributed by atoms with Gasteiger partial charge in [-0.05, 0) is 61.8 Å². The van der Waals surface area contributed by atoms with Gasteiger partial charge in [-0.1, -0.05) is 18.2 Å². The molecule has 4 atom stereocenters. The molecule has 1 aliphatic heterocycles. The Balaban J connectivity index is 1.29. The smallest absolute Gasteiger partial charge is 0.233 e. The molecule has 1 saturated carbocycles. The maximum atomic E-state index is 12.6. The van der Waals surface area contributed by atoms with Gasteiger partial charge in [-0.15, -0.1) is 0 Å². The number of fused-ring (bicyclic) bond motifs is 5. The topological polar surface area (TPSA) is 87.8 Å². The Labute approximate surface area is 159 Å². The van der Waals surface area contributed by atoms with Crippen molar-refractivity contribution in [2.24, 2.45) is 34.4 Å². The summed E-state index contributed by atoms with van der Waals surface area (Å²) in [6.45, 7) is 4.96. The standard InChI is InChI=1S/C21H26N4O2/c1-12-8-13(2)10-16(9-12)24-21(22)23-6-3-7-25-19(26)17-14-4-5-15(11-14)18(17)20(25)27/h4-5,8-10,14-15,17-18H,3,6-7,11H2,1-2H3,(H3,22,23,24). The van der Waals surface area contributed by atoms with Crippen molar-refractivity contribution < 1.29 is 9.59 Å². The molecule has 1 aromatic rings. The van der Waals surface area contributed by atoms with Crippen LogP contribution in [-0.2, 0) is 9.59 Å². The van der Waals surface area contributed by atoms with Crippen molar-refractivity contribution in [3.63, 3.8) is 0 Å². The van der Waals surface area contributed by atoms with Crippen molar-refractivity contribution in [3.8, 4) is 0 Å². The van der Waals surface area contributed by atoms with Gasteiger partial charge in [0.2, 0.25) is 11.8 Å². The molecular weight excluding hydrogens is 340 g/mol. The SMILES string of the molecule is Cc1cc(C)cc(NC(N)=NCCCN2C(=O)C3C4C=CC(C4)C3C2=O)c1. The number of aliphatic imine (C=N–C) groups is 1. The first-order chi connectivity index (χ1) is 12.9. The average molecular weight is 366 g/mol. The maximum absolute atomic E-state index is 12.6. The first-order valence-electron chi connectivity index (χ1n) is 9.63. The summed E-state index contributed by atoms with van der Waals surface area (Å²) in [6, 6.07) is 6.12. The third-order valence-corrected chi connectivity index (χ3v) is 5.88. The molecule has 6 heteroatoms. The molecule has 3 N–H and O–H groups in total. The van der Waals surface area contributed by atoms with Crippen LogP contribution in [0.3, 0.4) is 0 Å². The van der Waals surface area contributed by atoms with Crippen molar-refractivity contribution in [2.75, 3.05) is 18.4 Å². The lowest BCUT2D eigenvalue weighted by Crippen LogP contribution is -2.34. The molecule has 2 bridgehead atoms. The van der Waals surface area contributed by atoms with E-state index >= 15 is 0 Å². The Bertz CT molecular complexity index is 794. The molecule has 142 valence electrons.